The highest BCUT2D eigenvalue weighted by Crippen LogP contribution is 2.15. The second-order valence-electron chi connectivity index (χ2n) is 5.07. The Balaban J connectivity index is 2.59. The number of nitrogens with one attached hydrogen (secondary N) is 1. The molecular formula is C16H26N2O. The lowest BCUT2D eigenvalue weighted by Crippen LogP contribution is -2.22. The van der Waals surface area contributed by atoms with E-state index in [1.165, 1.54) is 5.56 Å². The standard InChI is InChI=1S/C16H26N2O/c1-4-13(5-2)16(19)18-15-9-7-12(8-10-15)11-14(17)6-3/h7-10,13-14H,4-6,11,17H2,1-3H3,(H,18,19). The summed E-state index contributed by atoms with van der Waals surface area (Å²) in [6, 6.07) is 8.21. The summed E-state index contributed by atoms with van der Waals surface area (Å²) in [7, 11) is 0. The van der Waals surface area contributed by atoms with E-state index in [1.807, 2.05) is 38.1 Å². The van der Waals surface area contributed by atoms with Gasteiger partial charge >= 0.3 is 0 Å². The van der Waals surface area contributed by atoms with E-state index >= 15 is 0 Å². The minimum Gasteiger partial charge on any atom is -0.327 e. The van der Waals surface area contributed by atoms with Crippen LogP contribution in [-0.2, 0) is 11.2 Å². The zero-order valence-electron chi connectivity index (χ0n) is 12.3. The van der Waals surface area contributed by atoms with Crippen LogP contribution in [-0.4, -0.2) is 11.9 Å². The lowest BCUT2D eigenvalue weighted by atomic mass is 10.0. The van der Waals surface area contributed by atoms with Crippen molar-refractivity contribution >= 4 is 11.6 Å². The van der Waals surface area contributed by atoms with Gasteiger partial charge in [0.1, 0.15) is 0 Å². The number of amides is 1. The van der Waals surface area contributed by atoms with Gasteiger partial charge in [0, 0.05) is 17.6 Å². The van der Waals surface area contributed by atoms with Crippen molar-refractivity contribution in [3.05, 3.63) is 29.8 Å². The summed E-state index contributed by atoms with van der Waals surface area (Å²) in [5.41, 5.74) is 8.01. The summed E-state index contributed by atoms with van der Waals surface area (Å²) in [6.45, 7) is 6.18. The summed E-state index contributed by atoms with van der Waals surface area (Å²) < 4.78 is 0. The minimum atomic E-state index is 0.105. The van der Waals surface area contributed by atoms with Crippen molar-refractivity contribution in [1.29, 1.82) is 0 Å². The van der Waals surface area contributed by atoms with Gasteiger partial charge in [-0.25, -0.2) is 0 Å². The summed E-state index contributed by atoms with van der Waals surface area (Å²) in [4.78, 5) is 12.0. The fourth-order valence-corrected chi connectivity index (χ4v) is 2.08. The van der Waals surface area contributed by atoms with Gasteiger partial charge in [0.05, 0.1) is 0 Å². The fourth-order valence-electron chi connectivity index (χ4n) is 2.08. The minimum absolute atomic E-state index is 0.105. The molecule has 1 aromatic carbocycles. The molecule has 3 nitrogen and oxygen atoms in total. The van der Waals surface area contributed by atoms with Gasteiger partial charge in [-0.05, 0) is 43.4 Å². The third-order valence-corrected chi connectivity index (χ3v) is 3.60. The SMILES string of the molecule is CCC(N)Cc1ccc(NC(=O)C(CC)CC)cc1. The Bertz CT molecular complexity index is 382. The molecule has 0 bridgehead atoms. The number of benzene rings is 1. The molecule has 106 valence electrons. The van der Waals surface area contributed by atoms with Gasteiger partial charge in [0.15, 0.2) is 0 Å². The van der Waals surface area contributed by atoms with Crippen molar-refractivity contribution in [3.63, 3.8) is 0 Å². The van der Waals surface area contributed by atoms with Crippen molar-refractivity contribution in [2.45, 2.75) is 52.5 Å². The van der Waals surface area contributed by atoms with Gasteiger partial charge in [0.2, 0.25) is 5.91 Å². The Kier molecular flexibility index (Phi) is 6.57. The van der Waals surface area contributed by atoms with Crippen LogP contribution < -0.4 is 11.1 Å². The molecule has 0 aliphatic heterocycles. The predicted octanol–water partition coefficient (Wildman–Crippen LogP) is 3.34. The molecule has 0 fully saturated rings. The number of anilines is 1. The summed E-state index contributed by atoms with van der Waals surface area (Å²) in [5, 5.41) is 2.97. The first-order valence-electron chi connectivity index (χ1n) is 7.26. The lowest BCUT2D eigenvalue weighted by Gasteiger charge is -2.13. The average molecular weight is 262 g/mol. The van der Waals surface area contributed by atoms with Crippen LogP contribution in [0.2, 0.25) is 0 Å². The lowest BCUT2D eigenvalue weighted by molar-refractivity contribution is -0.120. The molecule has 19 heavy (non-hydrogen) atoms. The first-order chi connectivity index (χ1) is 9.10. The van der Waals surface area contributed by atoms with Gasteiger partial charge < -0.3 is 11.1 Å². The van der Waals surface area contributed by atoms with E-state index in [0.29, 0.717) is 0 Å². The van der Waals surface area contributed by atoms with Gasteiger partial charge in [-0.1, -0.05) is 32.9 Å². The molecule has 1 atom stereocenters. The van der Waals surface area contributed by atoms with Crippen molar-refractivity contribution in [2.24, 2.45) is 11.7 Å². The molecule has 0 aliphatic carbocycles. The van der Waals surface area contributed by atoms with Crippen LogP contribution in [0.4, 0.5) is 5.69 Å². The molecule has 1 aromatic rings. The van der Waals surface area contributed by atoms with E-state index in [2.05, 4.69) is 12.2 Å². The number of hydrogen-bond acceptors (Lipinski definition) is 2. The molecule has 0 saturated carbocycles. The van der Waals surface area contributed by atoms with Crippen LogP contribution in [0.3, 0.4) is 0 Å². The summed E-state index contributed by atoms with van der Waals surface area (Å²) in [5.74, 6) is 0.219. The summed E-state index contributed by atoms with van der Waals surface area (Å²) >= 11 is 0. The Morgan fingerprint density at radius 1 is 1.11 bits per heavy atom. The van der Waals surface area contributed by atoms with Crippen LogP contribution >= 0.6 is 0 Å². The molecule has 0 aliphatic rings. The monoisotopic (exact) mass is 262 g/mol. The van der Waals surface area contributed by atoms with Crippen LogP contribution in [0.1, 0.15) is 45.6 Å². The molecule has 0 spiro atoms. The summed E-state index contributed by atoms with van der Waals surface area (Å²) in [6.07, 6.45) is 3.63. The molecule has 1 amide bonds. The molecule has 0 heterocycles. The molecular weight excluding hydrogens is 236 g/mol. The molecule has 0 saturated heterocycles. The Morgan fingerprint density at radius 3 is 2.16 bits per heavy atom. The van der Waals surface area contributed by atoms with Gasteiger partial charge in [-0.3, -0.25) is 4.79 Å². The topological polar surface area (TPSA) is 55.1 Å². The molecule has 0 radical (unpaired) electrons. The molecule has 1 unspecified atom stereocenters. The fraction of sp³-hybridized carbons (Fsp3) is 0.562. The highest BCUT2D eigenvalue weighted by atomic mass is 16.1. The second-order valence-corrected chi connectivity index (χ2v) is 5.07. The first-order valence-corrected chi connectivity index (χ1v) is 7.26. The van der Waals surface area contributed by atoms with Gasteiger partial charge in [-0.2, -0.15) is 0 Å². The normalized spacial score (nSPS) is 12.5. The second kappa shape index (κ2) is 7.95. The van der Waals surface area contributed by atoms with Crippen LogP contribution in [0.15, 0.2) is 24.3 Å². The van der Waals surface area contributed by atoms with Gasteiger partial charge in [0.25, 0.3) is 0 Å². The third kappa shape index (κ3) is 5.03. The van der Waals surface area contributed by atoms with E-state index in [4.69, 9.17) is 5.73 Å². The van der Waals surface area contributed by atoms with Gasteiger partial charge in [-0.15, -0.1) is 0 Å². The van der Waals surface area contributed by atoms with E-state index in [1.54, 1.807) is 0 Å². The maximum absolute atomic E-state index is 12.0. The molecule has 1 rings (SSSR count). The molecule has 3 N–H and O–H groups in total. The van der Waals surface area contributed by atoms with Crippen LogP contribution in [0.5, 0.6) is 0 Å². The quantitative estimate of drug-likeness (QED) is 0.792. The van der Waals surface area contributed by atoms with Crippen molar-refractivity contribution in [2.75, 3.05) is 5.32 Å². The predicted molar refractivity (Wildman–Crippen MR) is 81.1 cm³/mol. The number of rotatable bonds is 7. The zero-order chi connectivity index (χ0) is 14.3. The van der Waals surface area contributed by atoms with E-state index in [9.17, 15) is 4.79 Å². The average Bonchev–Trinajstić information content (AvgIpc) is 2.42. The van der Waals surface area contributed by atoms with E-state index < -0.39 is 0 Å². The maximum atomic E-state index is 12.0. The third-order valence-electron chi connectivity index (χ3n) is 3.60. The highest BCUT2D eigenvalue weighted by molar-refractivity contribution is 5.92. The number of carbonyl (C=O) groups is 1. The molecule has 0 aromatic heterocycles. The van der Waals surface area contributed by atoms with Crippen molar-refractivity contribution in [1.82, 2.24) is 0 Å². The largest absolute Gasteiger partial charge is 0.327 e. The van der Waals surface area contributed by atoms with E-state index in [0.717, 1.165) is 31.4 Å². The number of carbonyl (C=O) groups excluding carboxylic acids is 1. The van der Waals surface area contributed by atoms with Crippen LogP contribution in [0.25, 0.3) is 0 Å². The number of nitrogens with two attached hydrogens (primary N) is 1. The Hall–Kier alpha value is -1.35. The maximum Gasteiger partial charge on any atom is 0.227 e. The zero-order valence-corrected chi connectivity index (χ0v) is 12.3. The Morgan fingerprint density at radius 2 is 1.68 bits per heavy atom. The van der Waals surface area contributed by atoms with Crippen LogP contribution in [0, 0.1) is 5.92 Å². The first kappa shape index (κ1) is 15.7. The number of hydrogen-bond donors (Lipinski definition) is 2. The molecule has 3 heteroatoms. The smallest absolute Gasteiger partial charge is 0.227 e. The van der Waals surface area contributed by atoms with Crippen molar-refractivity contribution < 1.29 is 4.79 Å². The Labute approximate surface area is 116 Å². The highest BCUT2D eigenvalue weighted by Gasteiger charge is 2.13. The van der Waals surface area contributed by atoms with E-state index in [-0.39, 0.29) is 17.9 Å². The van der Waals surface area contributed by atoms with Crippen molar-refractivity contribution in [3.8, 4) is 0 Å².